The zero-order chi connectivity index (χ0) is 18.7. The number of carbonyl (C=O) groups excluding carboxylic acids is 1. The average molecular weight is 395 g/mol. The molecule has 2 N–H and O–H groups in total. The molecule has 0 saturated heterocycles. The fraction of sp³-hybridized carbons (Fsp3) is 0.278. The van der Waals surface area contributed by atoms with E-state index in [0.29, 0.717) is 0 Å². The molecule has 1 heterocycles. The minimum atomic E-state index is -3.91. The Morgan fingerprint density at radius 2 is 2.08 bits per heavy atom. The third-order valence-corrected chi connectivity index (χ3v) is 6.05. The molecule has 3 rings (SSSR count). The molecular formula is C18H19ClN2O4S. The first-order valence-corrected chi connectivity index (χ1v) is 9.97. The number of ether oxygens (including phenoxy) is 1. The van der Waals surface area contributed by atoms with Crippen LogP contribution in [0.2, 0.25) is 5.02 Å². The van der Waals surface area contributed by atoms with Crippen molar-refractivity contribution in [2.75, 3.05) is 20.2 Å². The standard InChI is InChI=1S/C18H19ClN2O4S/c1-25-18(22)15-10-13(19)6-7-17(15)26(23,24)21-11-16-14-5-3-2-4-12(14)8-9-20-16/h2-7,10,16,20-21H,8-9,11H2,1H3. The summed E-state index contributed by atoms with van der Waals surface area (Å²) in [6, 6.07) is 11.8. The Morgan fingerprint density at radius 1 is 1.31 bits per heavy atom. The second-order valence-electron chi connectivity index (χ2n) is 5.94. The van der Waals surface area contributed by atoms with Gasteiger partial charge in [-0.05, 0) is 42.3 Å². The summed E-state index contributed by atoms with van der Waals surface area (Å²) in [4.78, 5) is 11.8. The number of benzene rings is 2. The largest absolute Gasteiger partial charge is 0.465 e. The summed E-state index contributed by atoms with van der Waals surface area (Å²) in [5.74, 6) is -0.756. The lowest BCUT2D eigenvalue weighted by Gasteiger charge is -2.27. The van der Waals surface area contributed by atoms with Gasteiger partial charge in [-0.3, -0.25) is 0 Å². The SMILES string of the molecule is COC(=O)c1cc(Cl)ccc1S(=O)(=O)NCC1NCCc2ccccc21. The topological polar surface area (TPSA) is 84.5 Å². The third kappa shape index (κ3) is 3.91. The van der Waals surface area contributed by atoms with E-state index in [-0.39, 0.29) is 28.1 Å². The first-order chi connectivity index (χ1) is 12.4. The van der Waals surface area contributed by atoms with Gasteiger partial charge in [0.05, 0.1) is 17.6 Å². The molecular weight excluding hydrogens is 376 g/mol. The zero-order valence-electron chi connectivity index (χ0n) is 14.2. The molecule has 8 heteroatoms. The lowest BCUT2D eigenvalue weighted by Crippen LogP contribution is -2.39. The van der Waals surface area contributed by atoms with Crippen molar-refractivity contribution in [2.24, 2.45) is 0 Å². The van der Waals surface area contributed by atoms with E-state index in [9.17, 15) is 13.2 Å². The molecule has 1 atom stereocenters. The van der Waals surface area contributed by atoms with Crippen LogP contribution < -0.4 is 10.0 Å². The van der Waals surface area contributed by atoms with E-state index in [2.05, 4.69) is 14.8 Å². The minimum Gasteiger partial charge on any atom is -0.465 e. The summed E-state index contributed by atoms with van der Waals surface area (Å²) in [6.45, 7) is 0.945. The van der Waals surface area contributed by atoms with Gasteiger partial charge in [-0.15, -0.1) is 0 Å². The molecule has 1 aliphatic heterocycles. The highest BCUT2D eigenvalue weighted by atomic mass is 35.5. The predicted octanol–water partition coefficient (Wildman–Crippen LogP) is 2.29. The molecule has 0 amide bonds. The number of hydrogen-bond donors (Lipinski definition) is 2. The molecule has 1 unspecified atom stereocenters. The molecule has 0 saturated carbocycles. The van der Waals surface area contributed by atoms with Gasteiger partial charge in [-0.2, -0.15) is 0 Å². The van der Waals surface area contributed by atoms with Crippen LogP contribution in [0.3, 0.4) is 0 Å². The number of carbonyl (C=O) groups is 1. The van der Waals surface area contributed by atoms with Crippen LogP contribution in [0.5, 0.6) is 0 Å². The molecule has 138 valence electrons. The van der Waals surface area contributed by atoms with E-state index in [1.807, 2.05) is 24.3 Å². The molecule has 0 fully saturated rings. The van der Waals surface area contributed by atoms with Crippen LogP contribution in [0.15, 0.2) is 47.4 Å². The van der Waals surface area contributed by atoms with Gasteiger partial charge in [0, 0.05) is 17.6 Å². The number of sulfonamides is 1. The van der Waals surface area contributed by atoms with Crippen LogP contribution >= 0.6 is 11.6 Å². The molecule has 2 aromatic rings. The van der Waals surface area contributed by atoms with Crippen LogP contribution in [0, 0.1) is 0 Å². The number of halogens is 1. The van der Waals surface area contributed by atoms with Gasteiger partial charge in [0.15, 0.2) is 0 Å². The maximum Gasteiger partial charge on any atom is 0.339 e. The molecule has 1 aliphatic rings. The summed E-state index contributed by atoms with van der Waals surface area (Å²) in [7, 11) is -2.72. The Morgan fingerprint density at radius 3 is 2.85 bits per heavy atom. The molecule has 0 aromatic heterocycles. The van der Waals surface area contributed by atoms with Crippen LogP contribution in [0.4, 0.5) is 0 Å². The normalized spacial score (nSPS) is 16.8. The minimum absolute atomic E-state index is 0.0931. The number of nitrogens with one attached hydrogen (secondary N) is 2. The molecule has 2 aromatic carbocycles. The first kappa shape index (κ1) is 18.8. The molecule has 0 bridgehead atoms. The Hall–Kier alpha value is -1.93. The molecule has 26 heavy (non-hydrogen) atoms. The molecule has 0 aliphatic carbocycles. The third-order valence-electron chi connectivity index (χ3n) is 4.33. The highest BCUT2D eigenvalue weighted by Gasteiger charge is 2.26. The van der Waals surface area contributed by atoms with Crippen molar-refractivity contribution in [3.05, 3.63) is 64.2 Å². The number of rotatable bonds is 5. The van der Waals surface area contributed by atoms with E-state index >= 15 is 0 Å². The van der Waals surface area contributed by atoms with Crippen LogP contribution in [0.25, 0.3) is 0 Å². The van der Waals surface area contributed by atoms with Crippen molar-refractivity contribution in [1.82, 2.24) is 10.0 Å². The van der Waals surface area contributed by atoms with E-state index in [4.69, 9.17) is 11.6 Å². The average Bonchev–Trinajstić information content (AvgIpc) is 2.65. The van der Waals surface area contributed by atoms with Gasteiger partial charge in [0.1, 0.15) is 0 Å². The Bertz CT molecular complexity index is 931. The smallest absolute Gasteiger partial charge is 0.339 e. The van der Waals surface area contributed by atoms with Crippen LogP contribution in [0.1, 0.15) is 27.5 Å². The summed E-state index contributed by atoms with van der Waals surface area (Å²) in [6.07, 6.45) is 0.906. The quantitative estimate of drug-likeness (QED) is 0.760. The van der Waals surface area contributed by atoms with Crippen molar-refractivity contribution in [3.63, 3.8) is 0 Å². The number of esters is 1. The predicted molar refractivity (Wildman–Crippen MR) is 98.9 cm³/mol. The highest BCUT2D eigenvalue weighted by molar-refractivity contribution is 7.89. The van der Waals surface area contributed by atoms with E-state index < -0.39 is 16.0 Å². The number of fused-ring (bicyclic) bond motifs is 1. The van der Waals surface area contributed by atoms with E-state index in [1.165, 1.54) is 30.9 Å². The van der Waals surface area contributed by atoms with Crippen molar-refractivity contribution in [2.45, 2.75) is 17.4 Å². The second kappa shape index (κ2) is 7.75. The zero-order valence-corrected chi connectivity index (χ0v) is 15.7. The van der Waals surface area contributed by atoms with Gasteiger partial charge in [-0.1, -0.05) is 35.9 Å². The lowest BCUT2D eigenvalue weighted by molar-refractivity contribution is 0.0596. The second-order valence-corrected chi connectivity index (χ2v) is 8.11. The van der Waals surface area contributed by atoms with Crippen molar-refractivity contribution >= 4 is 27.6 Å². The maximum atomic E-state index is 12.7. The van der Waals surface area contributed by atoms with Gasteiger partial charge < -0.3 is 10.1 Å². The van der Waals surface area contributed by atoms with Crippen molar-refractivity contribution in [3.8, 4) is 0 Å². The van der Waals surface area contributed by atoms with E-state index in [1.54, 1.807) is 0 Å². The number of hydrogen-bond acceptors (Lipinski definition) is 5. The van der Waals surface area contributed by atoms with Gasteiger partial charge in [-0.25, -0.2) is 17.9 Å². The monoisotopic (exact) mass is 394 g/mol. The van der Waals surface area contributed by atoms with Crippen LogP contribution in [-0.4, -0.2) is 34.6 Å². The fourth-order valence-corrected chi connectivity index (χ4v) is 4.44. The van der Waals surface area contributed by atoms with Crippen molar-refractivity contribution < 1.29 is 17.9 Å². The van der Waals surface area contributed by atoms with Crippen LogP contribution in [-0.2, 0) is 21.2 Å². The highest BCUT2D eigenvalue weighted by Crippen LogP contribution is 2.24. The summed E-state index contributed by atoms with van der Waals surface area (Å²) >= 11 is 5.89. The maximum absolute atomic E-state index is 12.7. The summed E-state index contributed by atoms with van der Waals surface area (Å²) in [5.41, 5.74) is 2.19. The molecule has 0 radical (unpaired) electrons. The first-order valence-electron chi connectivity index (χ1n) is 8.11. The molecule has 6 nitrogen and oxygen atoms in total. The van der Waals surface area contributed by atoms with E-state index in [0.717, 1.165) is 18.5 Å². The van der Waals surface area contributed by atoms with Crippen molar-refractivity contribution in [1.29, 1.82) is 0 Å². The summed E-state index contributed by atoms with van der Waals surface area (Å²) in [5, 5.41) is 3.57. The Labute approximate surface area is 157 Å². The number of methoxy groups -OCH3 is 1. The van der Waals surface area contributed by atoms with Gasteiger partial charge in [0.2, 0.25) is 10.0 Å². The molecule has 0 spiro atoms. The summed E-state index contributed by atoms with van der Waals surface area (Å²) < 4.78 is 32.7. The lowest BCUT2D eigenvalue weighted by atomic mass is 9.95. The fourth-order valence-electron chi connectivity index (χ4n) is 3.05. The Kier molecular flexibility index (Phi) is 5.62. The van der Waals surface area contributed by atoms with Gasteiger partial charge >= 0.3 is 5.97 Å². The Balaban J connectivity index is 1.84. The van der Waals surface area contributed by atoms with Gasteiger partial charge in [0.25, 0.3) is 0 Å².